The number of hydrogen-bond donors (Lipinski definition) is 2. The van der Waals surface area contributed by atoms with Crippen molar-refractivity contribution in [3.05, 3.63) is 40.9 Å². The van der Waals surface area contributed by atoms with Crippen molar-refractivity contribution in [2.24, 2.45) is 0 Å². The number of hydrogen-bond acceptors (Lipinski definition) is 6. The second kappa shape index (κ2) is 6.67. The van der Waals surface area contributed by atoms with E-state index in [2.05, 4.69) is 20.6 Å². The third kappa shape index (κ3) is 3.99. The molecule has 0 atom stereocenters. The van der Waals surface area contributed by atoms with Crippen LogP contribution in [0.1, 0.15) is 12.6 Å². The van der Waals surface area contributed by atoms with E-state index in [-0.39, 0.29) is 11.8 Å². The molecule has 0 fully saturated rings. The van der Waals surface area contributed by atoms with Crippen LogP contribution in [0.4, 0.5) is 10.8 Å². The van der Waals surface area contributed by atoms with E-state index >= 15 is 0 Å². The van der Waals surface area contributed by atoms with Gasteiger partial charge in [0.15, 0.2) is 5.13 Å². The Bertz CT molecular complexity index is 884. The molecule has 2 N–H and O–H groups in total. The molecular formula is C15H12N4O2S2. The number of carbonyl (C=O) groups is 2. The summed E-state index contributed by atoms with van der Waals surface area (Å²) < 4.78 is 0.884. The van der Waals surface area contributed by atoms with E-state index in [1.807, 2.05) is 11.4 Å². The number of fused-ring (bicyclic) bond motifs is 1. The van der Waals surface area contributed by atoms with E-state index in [1.54, 1.807) is 23.7 Å². The van der Waals surface area contributed by atoms with E-state index in [9.17, 15) is 9.59 Å². The lowest BCUT2D eigenvalue weighted by Gasteiger charge is -1.99. The molecule has 2 amide bonds. The van der Waals surface area contributed by atoms with Crippen LogP contribution >= 0.6 is 22.7 Å². The minimum atomic E-state index is -0.265. The summed E-state index contributed by atoms with van der Waals surface area (Å²) in [4.78, 5) is 31.4. The largest absolute Gasteiger partial charge is 0.326 e. The molecule has 2 heterocycles. The molecule has 0 saturated heterocycles. The van der Waals surface area contributed by atoms with Crippen LogP contribution in [0.2, 0.25) is 0 Å². The monoisotopic (exact) mass is 344 g/mol. The first-order valence-electron chi connectivity index (χ1n) is 6.65. The van der Waals surface area contributed by atoms with Gasteiger partial charge in [-0.3, -0.25) is 14.9 Å². The standard InChI is InChI=1S/C15H12N4O2S2/c1-9(20)17-10-2-4-12-13(6-10)23-15(18-12)19-14(21)5-3-11-7-22-8-16-11/h2-8H,1H3,(H,17,20)(H,18,19,21). The van der Waals surface area contributed by atoms with Gasteiger partial charge in [-0.15, -0.1) is 11.3 Å². The summed E-state index contributed by atoms with van der Waals surface area (Å²) >= 11 is 2.82. The zero-order chi connectivity index (χ0) is 16.2. The van der Waals surface area contributed by atoms with Crippen LogP contribution < -0.4 is 10.6 Å². The summed E-state index contributed by atoms with van der Waals surface area (Å²) in [5, 5.41) is 7.80. The predicted octanol–water partition coefficient (Wildman–Crippen LogP) is 3.36. The molecule has 0 aliphatic carbocycles. The van der Waals surface area contributed by atoms with E-state index in [4.69, 9.17) is 0 Å². The normalized spacial score (nSPS) is 11.0. The summed E-state index contributed by atoms with van der Waals surface area (Å²) in [6, 6.07) is 5.41. The Kier molecular flexibility index (Phi) is 4.45. The van der Waals surface area contributed by atoms with E-state index < -0.39 is 0 Å². The van der Waals surface area contributed by atoms with Crippen molar-refractivity contribution >= 4 is 61.6 Å². The number of nitrogens with zero attached hydrogens (tertiary/aromatic N) is 2. The molecule has 6 nitrogen and oxygen atoms in total. The lowest BCUT2D eigenvalue weighted by atomic mass is 10.3. The Morgan fingerprint density at radius 1 is 1.26 bits per heavy atom. The van der Waals surface area contributed by atoms with Crippen LogP contribution in [0, 0.1) is 0 Å². The van der Waals surface area contributed by atoms with E-state index in [0.717, 1.165) is 15.9 Å². The number of amides is 2. The van der Waals surface area contributed by atoms with Crippen LogP contribution in [0.25, 0.3) is 16.3 Å². The van der Waals surface area contributed by atoms with Gasteiger partial charge in [0, 0.05) is 24.1 Å². The highest BCUT2D eigenvalue weighted by atomic mass is 32.1. The average molecular weight is 344 g/mol. The van der Waals surface area contributed by atoms with Gasteiger partial charge in [-0.1, -0.05) is 11.3 Å². The molecule has 0 radical (unpaired) electrons. The van der Waals surface area contributed by atoms with Gasteiger partial charge in [0.1, 0.15) is 0 Å². The van der Waals surface area contributed by atoms with Gasteiger partial charge in [0.25, 0.3) is 0 Å². The zero-order valence-electron chi connectivity index (χ0n) is 12.1. The number of thiazole rings is 2. The number of aromatic nitrogens is 2. The van der Waals surface area contributed by atoms with Crippen molar-refractivity contribution in [3.8, 4) is 0 Å². The molecule has 8 heteroatoms. The maximum Gasteiger partial charge on any atom is 0.250 e. The second-order valence-electron chi connectivity index (χ2n) is 4.62. The van der Waals surface area contributed by atoms with Crippen molar-refractivity contribution in [1.29, 1.82) is 0 Å². The van der Waals surface area contributed by atoms with Crippen LogP contribution in [0.15, 0.2) is 35.2 Å². The summed E-state index contributed by atoms with van der Waals surface area (Å²) in [5.41, 5.74) is 3.92. The van der Waals surface area contributed by atoms with E-state index in [0.29, 0.717) is 10.8 Å². The van der Waals surface area contributed by atoms with Gasteiger partial charge < -0.3 is 5.32 Å². The first-order valence-corrected chi connectivity index (χ1v) is 8.41. The Balaban J connectivity index is 1.72. The van der Waals surface area contributed by atoms with Crippen LogP contribution in [0.5, 0.6) is 0 Å². The maximum atomic E-state index is 11.9. The molecule has 0 aliphatic rings. The molecule has 0 spiro atoms. The zero-order valence-corrected chi connectivity index (χ0v) is 13.7. The fraction of sp³-hybridized carbons (Fsp3) is 0.0667. The third-order valence-corrected chi connectivity index (χ3v) is 4.33. The molecule has 0 unspecified atom stereocenters. The van der Waals surface area contributed by atoms with Gasteiger partial charge in [-0.2, -0.15) is 0 Å². The highest BCUT2D eigenvalue weighted by Crippen LogP contribution is 2.28. The molecular weight excluding hydrogens is 332 g/mol. The molecule has 0 aliphatic heterocycles. The van der Waals surface area contributed by atoms with Gasteiger partial charge in [-0.25, -0.2) is 9.97 Å². The van der Waals surface area contributed by atoms with Gasteiger partial charge in [0.2, 0.25) is 11.8 Å². The number of nitrogens with one attached hydrogen (secondary N) is 2. The van der Waals surface area contributed by atoms with Crippen LogP contribution in [-0.2, 0) is 9.59 Å². The molecule has 2 aromatic heterocycles. The van der Waals surface area contributed by atoms with Crippen LogP contribution in [0.3, 0.4) is 0 Å². The fourth-order valence-corrected chi connectivity index (χ4v) is 3.30. The Morgan fingerprint density at radius 2 is 2.13 bits per heavy atom. The van der Waals surface area contributed by atoms with Crippen molar-refractivity contribution in [1.82, 2.24) is 9.97 Å². The number of anilines is 2. The Morgan fingerprint density at radius 3 is 2.87 bits per heavy atom. The SMILES string of the molecule is CC(=O)Nc1ccc2nc(NC(=O)C=Cc3cscn3)sc2c1. The topological polar surface area (TPSA) is 84.0 Å². The molecule has 3 aromatic rings. The predicted molar refractivity (Wildman–Crippen MR) is 93.7 cm³/mol. The number of rotatable bonds is 4. The van der Waals surface area contributed by atoms with E-state index in [1.165, 1.54) is 35.7 Å². The minimum absolute atomic E-state index is 0.130. The molecule has 1 aromatic carbocycles. The average Bonchev–Trinajstić information content (AvgIpc) is 3.12. The summed E-state index contributed by atoms with van der Waals surface area (Å²) in [5.74, 6) is -0.395. The first-order chi connectivity index (χ1) is 11.1. The van der Waals surface area contributed by atoms with Crippen molar-refractivity contribution < 1.29 is 9.59 Å². The fourth-order valence-electron chi connectivity index (χ4n) is 1.87. The van der Waals surface area contributed by atoms with Crippen molar-refractivity contribution in [2.75, 3.05) is 10.6 Å². The minimum Gasteiger partial charge on any atom is -0.326 e. The maximum absolute atomic E-state index is 11.9. The quantitative estimate of drug-likeness (QED) is 0.711. The van der Waals surface area contributed by atoms with Gasteiger partial charge in [0.05, 0.1) is 21.4 Å². The highest BCUT2D eigenvalue weighted by Gasteiger charge is 2.07. The lowest BCUT2D eigenvalue weighted by Crippen LogP contribution is -2.07. The smallest absolute Gasteiger partial charge is 0.250 e. The van der Waals surface area contributed by atoms with Gasteiger partial charge in [-0.05, 0) is 24.3 Å². The number of carbonyl (C=O) groups excluding carboxylic acids is 2. The lowest BCUT2D eigenvalue weighted by molar-refractivity contribution is -0.114. The summed E-state index contributed by atoms with van der Waals surface area (Å²) in [6.07, 6.45) is 3.07. The van der Waals surface area contributed by atoms with Crippen molar-refractivity contribution in [2.45, 2.75) is 6.92 Å². The highest BCUT2D eigenvalue weighted by molar-refractivity contribution is 7.22. The molecule has 116 valence electrons. The molecule has 0 bridgehead atoms. The molecule has 3 rings (SSSR count). The molecule has 23 heavy (non-hydrogen) atoms. The van der Waals surface area contributed by atoms with Crippen LogP contribution in [-0.4, -0.2) is 21.8 Å². The molecule has 0 saturated carbocycles. The van der Waals surface area contributed by atoms with Gasteiger partial charge >= 0.3 is 0 Å². The summed E-state index contributed by atoms with van der Waals surface area (Å²) in [6.45, 7) is 1.46. The van der Waals surface area contributed by atoms with Crippen molar-refractivity contribution in [3.63, 3.8) is 0 Å². The Hall–Kier alpha value is -2.58. The third-order valence-electron chi connectivity index (χ3n) is 2.80. The second-order valence-corrected chi connectivity index (χ2v) is 6.37. The summed E-state index contributed by atoms with van der Waals surface area (Å²) in [7, 11) is 0. The Labute approximate surface area is 139 Å². The number of benzene rings is 1. The first kappa shape index (κ1) is 15.3.